The van der Waals surface area contributed by atoms with Crippen LogP contribution in [0, 0.1) is 0 Å². The third kappa shape index (κ3) is 9.23. The Morgan fingerprint density at radius 3 is 1.06 bits per heavy atom. The highest BCUT2D eigenvalue weighted by molar-refractivity contribution is 8.27. The number of para-hydroxylation sites is 2. The predicted molar refractivity (Wildman–Crippen MR) is 256 cm³/mol. The summed E-state index contributed by atoms with van der Waals surface area (Å²) in [4.78, 5) is 55.6. The Balaban J connectivity index is 1.09. The molecule has 8 rings (SSSR count). The lowest BCUT2D eigenvalue weighted by Crippen LogP contribution is -2.33. The van der Waals surface area contributed by atoms with Crippen LogP contribution < -0.4 is 9.80 Å². The van der Waals surface area contributed by atoms with Crippen molar-refractivity contribution in [1.82, 2.24) is 9.80 Å². The summed E-state index contributed by atoms with van der Waals surface area (Å²) in [7, 11) is 0. The number of hydrogen-bond donors (Lipinski definition) is 2. The lowest BCUT2D eigenvalue weighted by atomic mass is 10.0. The zero-order valence-corrected chi connectivity index (χ0v) is 35.8. The molecule has 0 aromatic heterocycles. The number of nitrogens with zero attached hydrogens (tertiary/aromatic N) is 4. The number of anilines is 6. The van der Waals surface area contributed by atoms with Gasteiger partial charge in [0.1, 0.15) is 21.7 Å². The Labute approximate surface area is 376 Å². The molecule has 2 saturated heterocycles. The molecule has 62 heavy (non-hydrogen) atoms. The summed E-state index contributed by atoms with van der Waals surface area (Å²) >= 11 is 12.7. The molecule has 6 aromatic carbocycles. The molecule has 0 atom stereocenters. The Morgan fingerprint density at radius 1 is 0.468 bits per heavy atom. The van der Waals surface area contributed by atoms with Crippen LogP contribution in [-0.4, -0.2) is 65.5 Å². The first-order valence-corrected chi connectivity index (χ1v) is 21.5. The number of amides is 2. The number of benzene rings is 6. The van der Waals surface area contributed by atoms with E-state index in [1.165, 1.54) is 0 Å². The van der Waals surface area contributed by atoms with E-state index in [0.29, 0.717) is 9.81 Å². The van der Waals surface area contributed by atoms with Crippen LogP contribution in [0.2, 0.25) is 0 Å². The largest absolute Gasteiger partial charge is 0.480 e. The number of thioether (sulfide) groups is 2. The van der Waals surface area contributed by atoms with Gasteiger partial charge in [-0.05, 0) is 107 Å². The molecule has 0 unspecified atom stereocenters. The monoisotopic (exact) mass is 890 g/mol. The molecule has 2 fully saturated rings. The van der Waals surface area contributed by atoms with Crippen molar-refractivity contribution in [2.24, 2.45) is 0 Å². The van der Waals surface area contributed by atoms with E-state index in [4.69, 9.17) is 24.4 Å². The molecule has 0 bridgehead atoms. The van der Waals surface area contributed by atoms with Gasteiger partial charge in [0, 0.05) is 34.1 Å². The summed E-state index contributed by atoms with van der Waals surface area (Å²) in [6, 6.07) is 52.4. The Morgan fingerprint density at radius 2 is 0.758 bits per heavy atom. The van der Waals surface area contributed by atoms with Gasteiger partial charge in [-0.3, -0.25) is 29.0 Å². The molecule has 2 heterocycles. The number of aliphatic carboxylic acids is 2. The van der Waals surface area contributed by atoms with Gasteiger partial charge in [-0.2, -0.15) is 0 Å². The lowest BCUT2D eigenvalue weighted by Gasteiger charge is -2.26. The van der Waals surface area contributed by atoms with Crippen molar-refractivity contribution < 1.29 is 29.4 Å². The number of carbonyl (C=O) groups excluding carboxylic acids is 2. The van der Waals surface area contributed by atoms with E-state index >= 15 is 0 Å². The maximum absolute atomic E-state index is 12.9. The van der Waals surface area contributed by atoms with Crippen molar-refractivity contribution >= 4 is 127 Å². The fourth-order valence-corrected chi connectivity index (χ4v) is 9.45. The minimum absolute atomic E-state index is 0.197. The van der Waals surface area contributed by atoms with Crippen LogP contribution in [0.15, 0.2) is 168 Å². The van der Waals surface area contributed by atoms with E-state index in [1.54, 1.807) is 12.2 Å². The first kappa shape index (κ1) is 41.9. The smallest absolute Gasteiger partial charge is 0.323 e. The lowest BCUT2D eigenvalue weighted by molar-refractivity contribution is -0.140. The predicted octanol–water partition coefficient (Wildman–Crippen LogP) is 10.9. The molecule has 306 valence electrons. The number of carbonyl (C=O) groups is 4. The zero-order chi connectivity index (χ0) is 43.3. The topological polar surface area (TPSA) is 122 Å². The average molecular weight is 891 g/mol. The van der Waals surface area contributed by atoms with Crippen molar-refractivity contribution in [2.45, 2.75) is 0 Å². The second kappa shape index (κ2) is 18.4. The normalized spacial score (nSPS) is 15.2. The van der Waals surface area contributed by atoms with Crippen LogP contribution in [0.25, 0.3) is 23.3 Å². The summed E-state index contributed by atoms with van der Waals surface area (Å²) in [5, 5.41) is 18.5. The highest BCUT2D eigenvalue weighted by Crippen LogP contribution is 2.40. The molecule has 10 nitrogen and oxygen atoms in total. The third-order valence-corrected chi connectivity index (χ3v) is 12.6. The fraction of sp³-hybridized carbons (Fsp3) is 0.0417. The minimum atomic E-state index is -1.14. The third-order valence-electron chi connectivity index (χ3n) is 9.85. The van der Waals surface area contributed by atoms with Crippen molar-refractivity contribution in [3.63, 3.8) is 0 Å². The molecule has 0 saturated carbocycles. The zero-order valence-electron chi connectivity index (χ0n) is 32.5. The Hall–Kier alpha value is -6.84. The van der Waals surface area contributed by atoms with E-state index in [-0.39, 0.29) is 8.64 Å². The molecule has 2 N–H and O–H groups in total. The molecule has 14 heteroatoms. The first-order valence-electron chi connectivity index (χ1n) is 19.1. The molecule has 0 spiro atoms. The van der Waals surface area contributed by atoms with E-state index in [0.717, 1.165) is 89.7 Å². The fourth-order valence-electron chi connectivity index (χ4n) is 6.94. The van der Waals surface area contributed by atoms with Gasteiger partial charge in [-0.15, -0.1) is 0 Å². The van der Waals surface area contributed by atoms with Crippen LogP contribution in [0.4, 0.5) is 34.1 Å². The maximum Gasteiger partial charge on any atom is 0.323 e. The van der Waals surface area contributed by atoms with Crippen molar-refractivity contribution in [2.75, 3.05) is 22.9 Å². The van der Waals surface area contributed by atoms with Crippen molar-refractivity contribution in [3.05, 3.63) is 179 Å². The molecular formula is C48H34N4O6S4. The average Bonchev–Trinajstić information content (AvgIpc) is 3.69. The molecule has 0 radical (unpaired) electrons. The van der Waals surface area contributed by atoms with Crippen LogP contribution in [0.3, 0.4) is 0 Å². The summed E-state index contributed by atoms with van der Waals surface area (Å²) in [5.41, 5.74) is 9.19. The summed E-state index contributed by atoms with van der Waals surface area (Å²) in [6.45, 7) is -0.995. The summed E-state index contributed by atoms with van der Waals surface area (Å²) in [5.74, 6) is -3.18. The van der Waals surface area contributed by atoms with Gasteiger partial charge in [0.15, 0.2) is 0 Å². The number of rotatable bonds is 13. The van der Waals surface area contributed by atoms with E-state index in [1.807, 2.05) is 97.1 Å². The van der Waals surface area contributed by atoms with Gasteiger partial charge in [0.25, 0.3) is 11.8 Å². The Bertz CT molecular complexity index is 2620. The highest BCUT2D eigenvalue weighted by Gasteiger charge is 2.34. The van der Waals surface area contributed by atoms with E-state index in [2.05, 4.69) is 70.5 Å². The summed E-state index contributed by atoms with van der Waals surface area (Å²) < 4.78 is 0.393. The molecular weight excluding hydrogens is 857 g/mol. The summed E-state index contributed by atoms with van der Waals surface area (Å²) in [6.07, 6.45) is 3.39. The Kier molecular flexibility index (Phi) is 12.4. The van der Waals surface area contributed by atoms with Crippen LogP contribution in [0.5, 0.6) is 0 Å². The number of hydrogen-bond acceptors (Lipinski definition) is 10. The quantitative estimate of drug-likeness (QED) is 0.0848. The highest BCUT2D eigenvalue weighted by atomic mass is 32.2. The second-order valence-corrected chi connectivity index (χ2v) is 17.3. The number of carboxylic acid groups (broad SMARTS) is 2. The molecule has 2 aliphatic rings. The number of carboxylic acids is 2. The molecule has 6 aromatic rings. The van der Waals surface area contributed by atoms with Crippen LogP contribution in [0.1, 0.15) is 11.1 Å². The van der Waals surface area contributed by atoms with Gasteiger partial charge in [-0.1, -0.05) is 133 Å². The molecule has 2 aliphatic heterocycles. The van der Waals surface area contributed by atoms with Gasteiger partial charge in [0.2, 0.25) is 0 Å². The van der Waals surface area contributed by atoms with Gasteiger partial charge in [-0.25, -0.2) is 0 Å². The SMILES string of the molecule is O=C(O)CN1C(=O)/C(=C/c2ccc(N(c3ccc(/C=C4/SC(=S)N(CC(=O)O)C4=O)cc3)c3ccc(-c4ccc(N(c5ccccc5)c5ccccc5)cc4)cc3)cc2)SC1=S. The second-order valence-electron chi connectivity index (χ2n) is 13.9. The first-order chi connectivity index (χ1) is 30.0. The van der Waals surface area contributed by atoms with Gasteiger partial charge in [0.05, 0.1) is 9.81 Å². The van der Waals surface area contributed by atoms with Crippen LogP contribution >= 0.6 is 48.0 Å². The van der Waals surface area contributed by atoms with Gasteiger partial charge < -0.3 is 20.0 Å². The number of thiocarbonyl (C=S) groups is 2. The van der Waals surface area contributed by atoms with Gasteiger partial charge >= 0.3 is 11.9 Å². The maximum atomic E-state index is 12.9. The van der Waals surface area contributed by atoms with Crippen molar-refractivity contribution in [3.8, 4) is 11.1 Å². The van der Waals surface area contributed by atoms with Crippen molar-refractivity contribution in [1.29, 1.82) is 0 Å². The van der Waals surface area contributed by atoms with E-state index < -0.39 is 36.8 Å². The minimum Gasteiger partial charge on any atom is -0.480 e. The molecule has 0 aliphatic carbocycles. The molecule has 2 amide bonds. The van der Waals surface area contributed by atoms with Crippen LogP contribution in [-0.2, 0) is 19.2 Å². The van der Waals surface area contributed by atoms with E-state index in [9.17, 15) is 29.4 Å². The standard InChI is InChI=1S/C48H34N4O6S4/c53-43(54)29-49-45(57)41(61-47(49)59)27-31-11-19-37(20-12-31)52(38-21-13-32(14-22-38)28-42-46(58)50(30-44(55)56)48(60)62-42)40-25-17-34(18-26-40)33-15-23-39(24-16-33)51(35-7-3-1-4-8-35)36-9-5-2-6-10-36/h1-28H,29-30H2,(H,53,54)(H,55,56)/b41-27-,42-28+.